The van der Waals surface area contributed by atoms with Gasteiger partial charge in [0.05, 0.1) is 18.6 Å². The lowest BCUT2D eigenvalue weighted by atomic mass is 9.87. The van der Waals surface area contributed by atoms with E-state index in [-0.39, 0.29) is 11.5 Å². The largest absolute Gasteiger partial charge is 0.373 e. The van der Waals surface area contributed by atoms with Crippen LogP contribution in [0.2, 0.25) is 0 Å². The van der Waals surface area contributed by atoms with Crippen LogP contribution in [-0.4, -0.2) is 71.7 Å². The number of likely N-dealkylation sites (tertiary alicyclic amines) is 1. The molecule has 4 nitrogen and oxygen atoms in total. The molecule has 0 aromatic rings. The number of ether oxygens (including phenoxy) is 1. The van der Waals surface area contributed by atoms with Crippen LogP contribution >= 0.6 is 23.5 Å². The third-order valence-electron chi connectivity index (χ3n) is 4.53. The smallest absolute Gasteiger partial charge is 0.222 e. The van der Waals surface area contributed by atoms with Crippen LogP contribution in [0.25, 0.3) is 0 Å². The monoisotopic (exact) mass is 316 g/mol. The number of hydrogen-bond donors (Lipinski definition) is 1. The molecule has 3 rings (SSSR count). The molecule has 3 fully saturated rings. The van der Waals surface area contributed by atoms with Crippen molar-refractivity contribution < 1.29 is 9.53 Å². The maximum atomic E-state index is 11.8. The molecule has 0 aliphatic carbocycles. The molecule has 1 spiro atoms. The molecule has 0 aromatic heterocycles. The number of thioether (sulfide) groups is 2. The highest BCUT2D eigenvalue weighted by Crippen LogP contribution is 2.33. The van der Waals surface area contributed by atoms with Crippen LogP contribution < -0.4 is 5.32 Å². The van der Waals surface area contributed by atoms with Crippen LogP contribution in [0.3, 0.4) is 0 Å². The van der Waals surface area contributed by atoms with Crippen molar-refractivity contribution in [3.8, 4) is 0 Å². The van der Waals surface area contributed by atoms with Crippen LogP contribution in [0, 0.1) is 0 Å². The highest BCUT2D eigenvalue weighted by atomic mass is 32.2. The topological polar surface area (TPSA) is 41.6 Å². The van der Waals surface area contributed by atoms with Crippen LogP contribution in [0.15, 0.2) is 0 Å². The first kappa shape index (κ1) is 15.0. The molecule has 0 aromatic carbocycles. The van der Waals surface area contributed by atoms with Gasteiger partial charge >= 0.3 is 0 Å². The number of nitrogens with one attached hydrogen (secondary N) is 1. The van der Waals surface area contributed by atoms with Gasteiger partial charge in [-0.1, -0.05) is 0 Å². The maximum absolute atomic E-state index is 11.8. The van der Waals surface area contributed by atoms with E-state index in [0.29, 0.717) is 25.6 Å². The standard InChI is InChI=1S/C14H24N2O2S2/c17-13-9-14(18-6-3-15-13)1-4-16(5-2-14)12-10-19-7-8-20-11-12/h12H,1-11H2,(H,15,17). The van der Waals surface area contributed by atoms with E-state index in [4.69, 9.17) is 4.74 Å². The van der Waals surface area contributed by atoms with Gasteiger partial charge in [0, 0.05) is 48.7 Å². The van der Waals surface area contributed by atoms with Crippen LogP contribution in [-0.2, 0) is 9.53 Å². The molecular weight excluding hydrogens is 292 g/mol. The van der Waals surface area contributed by atoms with E-state index < -0.39 is 0 Å². The Hall–Kier alpha value is 0.0900. The molecule has 0 atom stereocenters. The molecule has 3 saturated heterocycles. The van der Waals surface area contributed by atoms with Crippen molar-refractivity contribution >= 4 is 29.4 Å². The van der Waals surface area contributed by atoms with Crippen molar-refractivity contribution in [2.24, 2.45) is 0 Å². The van der Waals surface area contributed by atoms with Gasteiger partial charge in [-0.3, -0.25) is 9.69 Å². The number of amides is 1. The lowest BCUT2D eigenvalue weighted by Gasteiger charge is -2.43. The predicted octanol–water partition coefficient (Wildman–Crippen LogP) is 1.21. The summed E-state index contributed by atoms with van der Waals surface area (Å²) in [4.78, 5) is 14.4. The molecule has 0 bridgehead atoms. The molecule has 20 heavy (non-hydrogen) atoms. The van der Waals surface area contributed by atoms with Crippen molar-refractivity contribution in [1.29, 1.82) is 0 Å². The maximum Gasteiger partial charge on any atom is 0.222 e. The summed E-state index contributed by atoms with van der Waals surface area (Å²) < 4.78 is 6.04. The van der Waals surface area contributed by atoms with E-state index in [1.54, 1.807) is 0 Å². The quantitative estimate of drug-likeness (QED) is 0.787. The molecule has 0 radical (unpaired) electrons. The summed E-state index contributed by atoms with van der Waals surface area (Å²) >= 11 is 4.18. The van der Waals surface area contributed by atoms with Crippen LogP contribution in [0.4, 0.5) is 0 Å². The van der Waals surface area contributed by atoms with Crippen LogP contribution in [0.1, 0.15) is 19.3 Å². The first-order valence-electron chi connectivity index (χ1n) is 7.58. The lowest BCUT2D eigenvalue weighted by Crippen LogP contribution is -2.51. The summed E-state index contributed by atoms with van der Waals surface area (Å²) in [5, 5.41) is 2.91. The number of carbonyl (C=O) groups is 1. The molecule has 114 valence electrons. The van der Waals surface area contributed by atoms with E-state index in [2.05, 4.69) is 33.7 Å². The second kappa shape index (κ2) is 6.90. The third kappa shape index (κ3) is 3.64. The number of piperidine rings is 1. The Balaban J connectivity index is 1.56. The third-order valence-corrected chi connectivity index (χ3v) is 7.02. The second-order valence-corrected chi connectivity index (χ2v) is 8.20. The Morgan fingerprint density at radius 3 is 2.60 bits per heavy atom. The summed E-state index contributed by atoms with van der Waals surface area (Å²) in [6, 6.07) is 0.712. The summed E-state index contributed by atoms with van der Waals surface area (Å²) in [6.07, 6.45) is 2.56. The molecule has 3 aliphatic heterocycles. The summed E-state index contributed by atoms with van der Waals surface area (Å²) in [5.41, 5.74) is -0.178. The van der Waals surface area contributed by atoms with Gasteiger partial charge in [0.25, 0.3) is 0 Å². The fourth-order valence-electron chi connectivity index (χ4n) is 3.30. The number of hydrogen-bond acceptors (Lipinski definition) is 5. The van der Waals surface area contributed by atoms with E-state index in [1.807, 2.05) is 0 Å². The van der Waals surface area contributed by atoms with Crippen molar-refractivity contribution in [1.82, 2.24) is 10.2 Å². The van der Waals surface area contributed by atoms with Gasteiger partial charge < -0.3 is 10.1 Å². The number of rotatable bonds is 1. The minimum atomic E-state index is -0.178. The van der Waals surface area contributed by atoms with Gasteiger partial charge in [-0.15, -0.1) is 0 Å². The second-order valence-electron chi connectivity index (χ2n) is 5.90. The van der Waals surface area contributed by atoms with E-state index >= 15 is 0 Å². The summed E-state index contributed by atoms with van der Waals surface area (Å²) in [5.74, 6) is 5.28. The fraction of sp³-hybridized carbons (Fsp3) is 0.929. The zero-order valence-electron chi connectivity index (χ0n) is 11.9. The Morgan fingerprint density at radius 2 is 1.90 bits per heavy atom. The van der Waals surface area contributed by atoms with E-state index in [0.717, 1.165) is 25.9 Å². The minimum absolute atomic E-state index is 0.163. The Kier molecular flexibility index (Phi) is 5.18. The minimum Gasteiger partial charge on any atom is -0.373 e. The van der Waals surface area contributed by atoms with Crippen molar-refractivity contribution in [2.75, 3.05) is 49.3 Å². The normalized spacial score (nSPS) is 29.7. The fourth-order valence-corrected chi connectivity index (χ4v) is 5.92. The lowest BCUT2D eigenvalue weighted by molar-refractivity contribution is -0.128. The van der Waals surface area contributed by atoms with Gasteiger partial charge in [0.2, 0.25) is 5.91 Å². The van der Waals surface area contributed by atoms with Gasteiger partial charge in [-0.2, -0.15) is 23.5 Å². The number of carbonyl (C=O) groups excluding carboxylic acids is 1. The SMILES string of the molecule is O=C1CC2(CCN(C3CSCCSC3)CC2)OCCN1. The van der Waals surface area contributed by atoms with Crippen molar-refractivity contribution in [3.63, 3.8) is 0 Å². The Bertz CT molecular complexity index is 338. The van der Waals surface area contributed by atoms with Crippen molar-refractivity contribution in [2.45, 2.75) is 30.9 Å². The molecule has 3 aliphatic rings. The molecule has 0 saturated carbocycles. The van der Waals surface area contributed by atoms with Gasteiger partial charge in [0.15, 0.2) is 0 Å². The Labute approximate surface area is 129 Å². The average molecular weight is 316 g/mol. The molecule has 6 heteroatoms. The average Bonchev–Trinajstić information content (AvgIpc) is 2.81. The van der Waals surface area contributed by atoms with E-state index in [1.165, 1.54) is 23.0 Å². The summed E-state index contributed by atoms with van der Waals surface area (Å²) in [7, 11) is 0. The van der Waals surface area contributed by atoms with Gasteiger partial charge in [-0.25, -0.2) is 0 Å². The first-order valence-corrected chi connectivity index (χ1v) is 9.89. The van der Waals surface area contributed by atoms with Gasteiger partial charge in [-0.05, 0) is 12.8 Å². The molecule has 1 amide bonds. The molecule has 0 unspecified atom stereocenters. The predicted molar refractivity (Wildman–Crippen MR) is 85.6 cm³/mol. The van der Waals surface area contributed by atoms with Crippen molar-refractivity contribution in [3.05, 3.63) is 0 Å². The van der Waals surface area contributed by atoms with E-state index in [9.17, 15) is 4.79 Å². The first-order chi connectivity index (χ1) is 9.77. The zero-order chi connectivity index (χ0) is 13.8. The molecule has 1 N–H and O–H groups in total. The summed E-state index contributed by atoms with van der Waals surface area (Å²) in [6.45, 7) is 3.50. The van der Waals surface area contributed by atoms with Gasteiger partial charge in [0.1, 0.15) is 0 Å². The zero-order valence-corrected chi connectivity index (χ0v) is 13.6. The highest BCUT2D eigenvalue weighted by molar-refractivity contribution is 8.03. The molecule has 3 heterocycles. The van der Waals surface area contributed by atoms with Crippen LogP contribution in [0.5, 0.6) is 0 Å². The number of nitrogens with zero attached hydrogens (tertiary/aromatic N) is 1. The Morgan fingerprint density at radius 1 is 1.20 bits per heavy atom. The molecular formula is C14H24N2O2S2. The highest BCUT2D eigenvalue weighted by Gasteiger charge is 2.40.